The standard InChI is InChI=1S/C30H50O2/c1-20(9-8-14-25(2,3)32)21-12-15-28(7)23-11-10-22-26(4,5)24(31)13-16-29(22)19-30(23,29)18-17-27(21,28)6/h8-9,20-24,31-32H,10-19H2,1-7H3/t20?,21-,22+,23+,24?,27-,28+,29-,30+/m1/s1. The number of aliphatic hydroxyl groups is 2. The van der Waals surface area contributed by atoms with Gasteiger partial charge in [-0.25, -0.2) is 0 Å². The summed E-state index contributed by atoms with van der Waals surface area (Å²) in [5.74, 6) is 2.96. The van der Waals surface area contributed by atoms with Crippen LogP contribution >= 0.6 is 0 Å². The third-order valence-corrected chi connectivity index (χ3v) is 12.8. The van der Waals surface area contributed by atoms with E-state index in [9.17, 15) is 10.2 Å². The average Bonchev–Trinajstić information content (AvgIpc) is 3.27. The Kier molecular flexibility index (Phi) is 5.02. The number of aliphatic hydroxyl groups excluding tert-OH is 1. The lowest BCUT2D eigenvalue weighted by Crippen LogP contribution is -2.57. The predicted octanol–water partition coefficient (Wildman–Crippen LogP) is 7.14. The molecule has 0 bridgehead atoms. The zero-order valence-electron chi connectivity index (χ0n) is 22.0. The van der Waals surface area contributed by atoms with Gasteiger partial charge in [-0.3, -0.25) is 0 Å². The predicted molar refractivity (Wildman–Crippen MR) is 132 cm³/mol. The van der Waals surface area contributed by atoms with E-state index in [1.807, 2.05) is 13.8 Å². The molecule has 5 fully saturated rings. The van der Waals surface area contributed by atoms with Gasteiger partial charge in [-0.15, -0.1) is 0 Å². The lowest BCUT2D eigenvalue weighted by atomic mass is 9.42. The van der Waals surface area contributed by atoms with E-state index in [1.54, 1.807) is 0 Å². The molecule has 2 spiro atoms. The Morgan fingerprint density at radius 3 is 2.22 bits per heavy atom. The Bertz CT molecular complexity index is 791. The number of rotatable bonds is 4. The summed E-state index contributed by atoms with van der Waals surface area (Å²) in [5.41, 5.74) is 1.49. The second-order valence-corrected chi connectivity index (χ2v) is 14.8. The van der Waals surface area contributed by atoms with Crippen LogP contribution in [0.4, 0.5) is 0 Å². The molecule has 0 aromatic rings. The molecule has 5 rings (SSSR count). The third kappa shape index (κ3) is 2.84. The van der Waals surface area contributed by atoms with Crippen LogP contribution in [0.5, 0.6) is 0 Å². The van der Waals surface area contributed by atoms with Crippen molar-refractivity contribution in [3.8, 4) is 0 Å². The van der Waals surface area contributed by atoms with E-state index in [1.165, 1.54) is 51.4 Å². The topological polar surface area (TPSA) is 40.5 Å². The van der Waals surface area contributed by atoms with Gasteiger partial charge >= 0.3 is 0 Å². The average molecular weight is 443 g/mol. The highest BCUT2D eigenvalue weighted by molar-refractivity contribution is 5.30. The van der Waals surface area contributed by atoms with Crippen LogP contribution < -0.4 is 0 Å². The first-order chi connectivity index (χ1) is 14.7. The van der Waals surface area contributed by atoms with Gasteiger partial charge in [0.15, 0.2) is 0 Å². The molecule has 0 heterocycles. The maximum absolute atomic E-state index is 10.8. The summed E-state index contributed by atoms with van der Waals surface area (Å²) in [6.07, 6.45) is 17.4. The van der Waals surface area contributed by atoms with Gasteiger partial charge in [-0.1, -0.05) is 46.8 Å². The highest BCUT2D eigenvalue weighted by atomic mass is 16.3. The molecular weight excluding hydrogens is 392 g/mol. The van der Waals surface area contributed by atoms with Crippen molar-refractivity contribution >= 4 is 0 Å². The van der Waals surface area contributed by atoms with Crippen molar-refractivity contribution in [3.63, 3.8) is 0 Å². The SMILES string of the molecule is CC(C=CCC(C)(C)O)[C@H]1CC[C@@]2(C)[C@@H]3CC[C@H]4C(C)(C)C(O)CC[C@@]45C[C@@]35CC[C@]12C. The van der Waals surface area contributed by atoms with E-state index < -0.39 is 5.60 Å². The van der Waals surface area contributed by atoms with E-state index >= 15 is 0 Å². The van der Waals surface area contributed by atoms with Crippen molar-refractivity contribution in [3.05, 3.63) is 12.2 Å². The fourth-order valence-corrected chi connectivity index (χ4v) is 10.9. The van der Waals surface area contributed by atoms with E-state index in [0.29, 0.717) is 27.6 Å². The molecule has 2 N–H and O–H groups in total. The second kappa shape index (κ2) is 6.87. The van der Waals surface area contributed by atoms with E-state index in [-0.39, 0.29) is 11.5 Å². The van der Waals surface area contributed by atoms with Gasteiger partial charge in [0.2, 0.25) is 0 Å². The Balaban J connectivity index is 1.40. The summed E-state index contributed by atoms with van der Waals surface area (Å²) in [6.45, 7) is 16.4. The molecule has 2 nitrogen and oxygen atoms in total. The van der Waals surface area contributed by atoms with Crippen LogP contribution in [0.15, 0.2) is 12.2 Å². The Morgan fingerprint density at radius 2 is 1.53 bits per heavy atom. The summed E-state index contributed by atoms with van der Waals surface area (Å²) in [7, 11) is 0. The van der Waals surface area contributed by atoms with Gasteiger partial charge < -0.3 is 10.2 Å². The van der Waals surface area contributed by atoms with E-state index in [0.717, 1.165) is 30.6 Å². The quantitative estimate of drug-likeness (QED) is 0.454. The Labute approximate surface area is 197 Å². The van der Waals surface area contributed by atoms with Crippen molar-refractivity contribution in [1.29, 1.82) is 0 Å². The van der Waals surface area contributed by atoms with Crippen molar-refractivity contribution < 1.29 is 10.2 Å². The van der Waals surface area contributed by atoms with Crippen molar-refractivity contribution in [1.82, 2.24) is 0 Å². The van der Waals surface area contributed by atoms with Crippen molar-refractivity contribution in [2.75, 3.05) is 0 Å². The fourth-order valence-electron chi connectivity index (χ4n) is 10.9. The largest absolute Gasteiger partial charge is 0.393 e. The molecule has 0 radical (unpaired) electrons. The number of allylic oxidation sites excluding steroid dienone is 1. The lowest BCUT2D eigenvalue weighted by Gasteiger charge is -2.63. The summed E-state index contributed by atoms with van der Waals surface area (Å²) in [5, 5.41) is 21.0. The molecule has 182 valence electrons. The molecule has 5 aliphatic rings. The van der Waals surface area contributed by atoms with Gasteiger partial charge in [-0.05, 0) is 129 Å². The molecule has 9 atom stereocenters. The number of hydrogen-bond acceptors (Lipinski definition) is 2. The maximum Gasteiger partial charge on any atom is 0.0626 e. The lowest BCUT2D eigenvalue weighted by molar-refractivity contribution is -0.160. The summed E-state index contributed by atoms with van der Waals surface area (Å²) >= 11 is 0. The van der Waals surface area contributed by atoms with Crippen LogP contribution in [0.1, 0.15) is 113 Å². The van der Waals surface area contributed by atoms with Crippen LogP contribution in [-0.2, 0) is 0 Å². The minimum atomic E-state index is -0.609. The monoisotopic (exact) mass is 442 g/mol. The molecule has 0 aromatic carbocycles. The molecule has 0 aliphatic heterocycles. The molecule has 5 saturated carbocycles. The van der Waals surface area contributed by atoms with Gasteiger partial charge in [0.25, 0.3) is 0 Å². The highest BCUT2D eigenvalue weighted by Gasteiger charge is 2.82. The normalized spacial score (nSPS) is 52.7. The van der Waals surface area contributed by atoms with Crippen LogP contribution in [0.2, 0.25) is 0 Å². The molecule has 0 saturated heterocycles. The zero-order chi connectivity index (χ0) is 23.4. The molecule has 0 aromatic heterocycles. The molecule has 0 amide bonds. The van der Waals surface area contributed by atoms with Gasteiger partial charge in [-0.2, -0.15) is 0 Å². The van der Waals surface area contributed by atoms with Crippen LogP contribution in [0.3, 0.4) is 0 Å². The second-order valence-electron chi connectivity index (χ2n) is 14.8. The van der Waals surface area contributed by atoms with Crippen LogP contribution in [-0.4, -0.2) is 21.9 Å². The molecule has 5 aliphatic carbocycles. The summed E-state index contributed by atoms with van der Waals surface area (Å²) in [6, 6.07) is 0. The number of hydrogen-bond donors (Lipinski definition) is 2. The van der Waals surface area contributed by atoms with E-state index in [4.69, 9.17) is 0 Å². The smallest absolute Gasteiger partial charge is 0.0626 e. The highest BCUT2D eigenvalue weighted by Crippen LogP contribution is 2.89. The molecular formula is C30H50O2. The summed E-state index contributed by atoms with van der Waals surface area (Å²) in [4.78, 5) is 0. The zero-order valence-corrected chi connectivity index (χ0v) is 22.0. The molecule has 2 heteroatoms. The van der Waals surface area contributed by atoms with Gasteiger partial charge in [0, 0.05) is 0 Å². The third-order valence-electron chi connectivity index (χ3n) is 12.8. The van der Waals surface area contributed by atoms with Gasteiger partial charge in [0.1, 0.15) is 0 Å². The Morgan fingerprint density at radius 1 is 0.875 bits per heavy atom. The minimum absolute atomic E-state index is 0.0897. The van der Waals surface area contributed by atoms with E-state index in [2.05, 4.69) is 46.8 Å². The molecule has 2 unspecified atom stereocenters. The Hall–Kier alpha value is -0.340. The first-order valence-corrected chi connectivity index (χ1v) is 13.8. The summed E-state index contributed by atoms with van der Waals surface area (Å²) < 4.78 is 0. The first-order valence-electron chi connectivity index (χ1n) is 13.8. The molecule has 32 heavy (non-hydrogen) atoms. The van der Waals surface area contributed by atoms with Crippen molar-refractivity contribution in [2.24, 2.45) is 50.7 Å². The maximum atomic E-state index is 10.8. The number of fused-ring (bicyclic) bond motifs is 2. The van der Waals surface area contributed by atoms with Crippen LogP contribution in [0.25, 0.3) is 0 Å². The van der Waals surface area contributed by atoms with Gasteiger partial charge in [0.05, 0.1) is 11.7 Å². The van der Waals surface area contributed by atoms with Crippen LogP contribution in [0, 0.1) is 50.7 Å². The minimum Gasteiger partial charge on any atom is -0.393 e. The van der Waals surface area contributed by atoms with Crippen molar-refractivity contribution in [2.45, 2.75) is 124 Å². The fraction of sp³-hybridized carbons (Fsp3) is 0.933. The first kappa shape index (κ1) is 23.4.